The first-order chi connectivity index (χ1) is 7.34. The smallest absolute Gasteiger partial charge is 0.0184 e. The molecule has 2 aromatic carbocycles. The molecule has 0 atom stereocenters. The van der Waals surface area contributed by atoms with Gasteiger partial charge in [-0.05, 0) is 24.1 Å². The Morgan fingerprint density at radius 3 is 1.93 bits per heavy atom. The monoisotopic (exact) mass is 193 g/mol. The molecule has 0 unspecified atom stereocenters. The van der Waals surface area contributed by atoms with E-state index in [4.69, 9.17) is 0 Å². The summed E-state index contributed by atoms with van der Waals surface area (Å²) in [7, 11) is 0. The molecule has 1 radical (unpaired) electrons. The lowest BCUT2D eigenvalue weighted by Gasteiger charge is -1.95. The van der Waals surface area contributed by atoms with E-state index in [1.54, 1.807) is 0 Å². The molecule has 73 valence electrons. The quantitative estimate of drug-likeness (QED) is 0.633. The highest BCUT2D eigenvalue weighted by Crippen LogP contribution is 2.08. The topological polar surface area (TPSA) is 0 Å². The Morgan fingerprint density at radius 2 is 1.33 bits per heavy atom. The maximum atomic E-state index is 3.00. The predicted molar refractivity (Wildman–Crippen MR) is 65.4 cm³/mol. The van der Waals surface area contributed by atoms with E-state index >= 15 is 0 Å². The Bertz CT molecular complexity index is 435. The van der Waals surface area contributed by atoms with Crippen LogP contribution in [-0.4, -0.2) is 0 Å². The fourth-order valence-electron chi connectivity index (χ4n) is 1.38. The van der Waals surface area contributed by atoms with Crippen molar-refractivity contribution in [3.05, 3.63) is 71.3 Å². The van der Waals surface area contributed by atoms with Crippen LogP contribution in [0.3, 0.4) is 0 Å². The van der Waals surface area contributed by atoms with Gasteiger partial charge in [-0.25, -0.2) is 0 Å². The molecule has 15 heavy (non-hydrogen) atoms. The first-order valence-corrected chi connectivity index (χ1v) is 5.05. The molecule has 0 amide bonds. The summed E-state index contributed by atoms with van der Waals surface area (Å²) in [4.78, 5) is 0. The number of rotatable bonds is 2. The summed E-state index contributed by atoms with van der Waals surface area (Å²) >= 11 is 0. The van der Waals surface area contributed by atoms with Gasteiger partial charge in [0.15, 0.2) is 0 Å². The predicted octanol–water partition coefficient (Wildman–Crippen LogP) is 3.97. The van der Waals surface area contributed by atoms with Gasteiger partial charge in [0.05, 0.1) is 0 Å². The standard InChI is InChI=1S/C15H13/c1-13-7-9-15(10-8-13)12-11-14-5-3-2-4-6-14/h3-12H,1H3. The highest BCUT2D eigenvalue weighted by Gasteiger charge is 1.87. The molecular formula is C15H13. The Kier molecular flexibility index (Phi) is 2.99. The zero-order valence-electron chi connectivity index (χ0n) is 8.77. The van der Waals surface area contributed by atoms with E-state index in [1.165, 1.54) is 16.7 Å². The third-order valence-corrected chi connectivity index (χ3v) is 2.29. The van der Waals surface area contributed by atoms with Crippen LogP contribution in [0, 0.1) is 13.0 Å². The van der Waals surface area contributed by atoms with Crippen molar-refractivity contribution >= 4 is 12.2 Å². The third-order valence-electron chi connectivity index (χ3n) is 2.29. The molecule has 2 aromatic rings. The van der Waals surface area contributed by atoms with Crippen LogP contribution in [-0.2, 0) is 0 Å². The lowest BCUT2D eigenvalue weighted by Crippen LogP contribution is -1.74. The maximum absolute atomic E-state index is 3.00. The van der Waals surface area contributed by atoms with Gasteiger partial charge in [-0.3, -0.25) is 0 Å². The molecule has 0 bridgehead atoms. The number of hydrogen-bond acceptors (Lipinski definition) is 0. The molecule has 0 saturated heterocycles. The van der Waals surface area contributed by atoms with Gasteiger partial charge in [-0.1, -0.05) is 66.2 Å². The Morgan fingerprint density at radius 1 is 0.800 bits per heavy atom. The van der Waals surface area contributed by atoms with Crippen molar-refractivity contribution < 1.29 is 0 Å². The van der Waals surface area contributed by atoms with Crippen LogP contribution < -0.4 is 0 Å². The van der Waals surface area contributed by atoms with Gasteiger partial charge < -0.3 is 0 Å². The van der Waals surface area contributed by atoms with Crippen LogP contribution in [0.4, 0.5) is 0 Å². The molecule has 0 aromatic heterocycles. The van der Waals surface area contributed by atoms with E-state index in [-0.39, 0.29) is 0 Å². The molecule has 0 aliphatic rings. The Balaban J connectivity index is 2.15. The van der Waals surface area contributed by atoms with E-state index in [2.05, 4.69) is 49.4 Å². The molecular weight excluding hydrogens is 180 g/mol. The van der Waals surface area contributed by atoms with E-state index in [9.17, 15) is 0 Å². The van der Waals surface area contributed by atoms with E-state index < -0.39 is 0 Å². The Labute approximate surface area is 90.9 Å². The van der Waals surface area contributed by atoms with E-state index in [1.807, 2.05) is 24.3 Å². The molecule has 0 fully saturated rings. The van der Waals surface area contributed by atoms with Gasteiger partial charge in [-0.2, -0.15) is 0 Å². The van der Waals surface area contributed by atoms with Gasteiger partial charge in [0.2, 0.25) is 0 Å². The fourth-order valence-corrected chi connectivity index (χ4v) is 1.38. The minimum Gasteiger partial charge on any atom is -0.0587 e. The molecule has 0 aliphatic carbocycles. The summed E-state index contributed by atoms with van der Waals surface area (Å²) in [5.41, 5.74) is 3.73. The van der Waals surface area contributed by atoms with Crippen molar-refractivity contribution in [2.75, 3.05) is 0 Å². The highest BCUT2D eigenvalue weighted by molar-refractivity contribution is 5.69. The van der Waals surface area contributed by atoms with Crippen molar-refractivity contribution in [1.82, 2.24) is 0 Å². The van der Waals surface area contributed by atoms with Crippen molar-refractivity contribution in [2.45, 2.75) is 6.92 Å². The van der Waals surface area contributed by atoms with Crippen LogP contribution in [0.1, 0.15) is 16.7 Å². The third kappa shape index (κ3) is 2.81. The van der Waals surface area contributed by atoms with Gasteiger partial charge in [0, 0.05) is 0 Å². The fraction of sp³-hybridized carbons (Fsp3) is 0.0667. The highest BCUT2D eigenvalue weighted by atomic mass is 13.9. The van der Waals surface area contributed by atoms with Gasteiger partial charge in [0.25, 0.3) is 0 Å². The van der Waals surface area contributed by atoms with Crippen LogP contribution >= 0.6 is 0 Å². The average molecular weight is 193 g/mol. The van der Waals surface area contributed by atoms with Gasteiger partial charge in [-0.15, -0.1) is 0 Å². The first kappa shape index (κ1) is 9.72. The van der Waals surface area contributed by atoms with Crippen molar-refractivity contribution in [1.29, 1.82) is 0 Å². The number of hydrogen-bond donors (Lipinski definition) is 0. The second-order valence-electron chi connectivity index (χ2n) is 3.58. The first-order valence-electron chi connectivity index (χ1n) is 5.05. The second-order valence-corrected chi connectivity index (χ2v) is 3.58. The van der Waals surface area contributed by atoms with Gasteiger partial charge >= 0.3 is 0 Å². The second kappa shape index (κ2) is 4.61. The lowest BCUT2D eigenvalue weighted by molar-refractivity contribution is 1.46. The van der Waals surface area contributed by atoms with E-state index in [0.29, 0.717) is 0 Å². The Hall–Kier alpha value is -1.82. The summed E-state index contributed by atoms with van der Waals surface area (Å²) in [5, 5.41) is 0. The molecule has 0 N–H and O–H groups in total. The minimum atomic E-state index is 1.20. The zero-order valence-corrected chi connectivity index (χ0v) is 8.77. The molecule has 0 spiro atoms. The average Bonchev–Trinajstić information content (AvgIpc) is 2.30. The molecule has 0 aliphatic heterocycles. The number of benzene rings is 2. The van der Waals surface area contributed by atoms with E-state index in [0.717, 1.165) is 0 Å². The normalized spacial score (nSPS) is 10.7. The SMILES string of the molecule is Cc1ccc(C=Cc2cc[c]cc2)cc1. The summed E-state index contributed by atoms with van der Waals surface area (Å²) < 4.78 is 0. The molecule has 0 heterocycles. The number of aryl methyl sites for hydroxylation is 1. The maximum Gasteiger partial charge on any atom is -0.0184 e. The lowest BCUT2D eigenvalue weighted by atomic mass is 10.1. The van der Waals surface area contributed by atoms with Crippen molar-refractivity contribution in [2.24, 2.45) is 0 Å². The summed E-state index contributed by atoms with van der Waals surface area (Å²) in [6.45, 7) is 2.10. The molecule has 2 rings (SSSR count). The summed E-state index contributed by atoms with van der Waals surface area (Å²) in [5.74, 6) is 0. The molecule has 0 nitrogen and oxygen atoms in total. The van der Waals surface area contributed by atoms with Crippen LogP contribution in [0.2, 0.25) is 0 Å². The zero-order chi connectivity index (χ0) is 10.5. The molecule has 0 saturated carbocycles. The molecule has 0 heteroatoms. The van der Waals surface area contributed by atoms with Crippen LogP contribution in [0.25, 0.3) is 12.2 Å². The summed E-state index contributed by atoms with van der Waals surface area (Å²) in [6, 6.07) is 19.4. The van der Waals surface area contributed by atoms with Gasteiger partial charge in [0.1, 0.15) is 0 Å². The van der Waals surface area contributed by atoms with Crippen molar-refractivity contribution in [3.63, 3.8) is 0 Å². The summed E-state index contributed by atoms with van der Waals surface area (Å²) in [6.07, 6.45) is 4.23. The van der Waals surface area contributed by atoms with Crippen LogP contribution in [0.15, 0.2) is 48.5 Å². The van der Waals surface area contributed by atoms with Crippen LogP contribution in [0.5, 0.6) is 0 Å². The largest absolute Gasteiger partial charge is 0.0587 e. The minimum absolute atomic E-state index is 1.20. The van der Waals surface area contributed by atoms with Crippen molar-refractivity contribution in [3.8, 4) is 0 Å².